The Bertz CT molecular complexity index is 1340. The number of hydrogen-bond acceptors (Lipinski definition) is 6. The van der Waals surface area contributed by atoms with Crippen LogP contribution in [0.5, 0.6) is 5.75 Å². The SMILES string of the molecule is CN(C(=O)c1cc(C=C2SC(=S)N(CC(=O)O)C2=O)ccc1OCc1ccccc1)c1ccccc1. The molecule has 3 aromatic carbocycles. The summed E-state index contributed by atoms with van der Waals surface area (Å²) in [4.78, 5) is 40.1. The smallest absolute Gasteiger partial charge is 0.323 e. The van der Waals surface area contributed by atoms with E-state index in [1.165, 1.54) is 4.90 Å². The fourth-order valence-corrected chi connectivity index (χ4v) is 4.79. The van der Waals surface area contributed by atoms with E-state index in [9.17, 15) is 14.4 Å². The summed E-state index contributed by atoms with van der Waals surface area (Å²) in [5.41, 5.74) is 2.59. The minimum Gasteiger partial charge on any atom is -0.488 e. The number of ether oxygens (including phenoxy) is 1. The van der Waals surface area contributed by atoms with Crippen LogP contribution < -0.4 is 9.64 Å². The Labute approximate surface area is 218 Å². The van der Waals surface area contributed by atoms with Gasteiger partial charge < -0.3 is 14.7 Å². The Balaban J connectivity index is 1.66. The zero-order valence-electron chi connectivity index (χ0n) is 19.3. The summed E-state index contributed by atoms with van der Waals surface area (Å²) < 4.78 is 6.20. The fraction of sp³-hybridized carbons (Fsp3) is 0.111. The summed E-state index contributed by atoms with van der Waals surface area (Å²) in [6, 6.07) is 23.9. The second kappa shape index (κ2) is 11.2. The molecule has 1 N–H and O–H groups in total. The molecule has 1 saturated heterocycles. The molecule has 4 rings (SSSR count). The molecule has 0 saturated carbocycles. The number of benzene rings is 3. The van der Waals surface area contributed by atoms with Gasteiger partial charge in [0.1, 0.15) is 23.2 Å². The van der Waals surface area contributed by atoms with E-state index in [0.29, 0.717) is 16.9 Å². The van der Waals surface area contributed by atoms with Gasteiger partial charge in [0.05, 0.1) is 10.5 Å². The number of thiocarbonyl (C=S) groups is 1. The van der Waals surface area contributed by atoms with Crippen LogP contribution in [0, 0.1) is 0 Å². The van der Waals surface area contributed by atoms with Crippen molar-refractivity contribution in [1.82, 2.24) is 4.90 Å². The van der Waals surface area contributed by atoms with Gasteiger partial charge in [-0.2, -0.15) is 0 Å². The van der Waals surface area contributed by atoms with Crippen molar-refractivity contribution >= 4 is 57.8 Å². The quantitative estimate of drug-likeness (QED) is 0.338. The lowest BCUT2D eigenvalue weighted by Crippen LogP contribution is -2.33. The van der Waals surface area contributed by atoms with E-state index >= 15 is 0 Å². The van der Waals surface area contributed by atoms with Crippen molar-refractivity contribution in [2.24, 2.45) is 0 Å². The van der Waals surface area contributed by atoms with Crippen LogP contribution in [0.3, 0.4) is 0 Å². The largest absolute Gasteiger partial charge is 0.488 e. The molecule has 0 spiro atoms. The maximum atomic E-state index is 13.5. The molecular formula is C27H22N2O5S2. The molecule has 182 valence electrons. The number of amides is 2. The van der Waals surface area contributed by atoms with Crippen LogP contribution in [0.15, 0.2) is 83.8 Å². The fourth-order valence-electron chi connectivity index (χ4n) is 3.54. The first-order chi connectivity index (χ1) is 17.3. The molecule has 0 unspecified atom stereocenters. The van der Waals surface area contributed by atoms with Gasteiger partial charge in [0.25, 0.3) is 11.8 Å². The van der Waals surface area contributed by atoms with Crippen molar-refractivity contribution < 1.29 is 24.2 Å². The predicted octanol–water partition coefficient (Wildman–Crippen LogP) is 4.83. The van der Waals surface area contributed by atoms with Crippen LogP contribution in [-0.2, 0) is 16.2 Å². The first-order valence-electron chi connectivity index (χ1n) is 10.9. The topological polar surface area (TPSA) is 87.2 Å². The van der Waals surface area contributed by atoms with Gasteiger partial charge in [0.2, 0.25) is 0 Å². The first-order valence-corrected chi connectivity index (χ1v) is 12.2. The number of hydrogen-bond donors (Lipinski definition) is 1. The molecule has 36 heavy (non-hydrogen) atoms. The van der Waals surface area contributed by atoms with Crippen molar-refractivity contribution in [2.75, 3.05) is 18.5 Å². The molecule has 1 heterocycles. The van der Waals surface area contributed by atoms with Crippen molar-refractivity contribution in [3.05, 3.63) is 100 Å². The van der Waals surface area contributed by atoms with Gasteiger partial charge in [-0.15, -0.1) is 0 Å². The van der Waals surface area contributed by atoms with E-state index in [1.807, 2.05) is 60.7 Å². The number of rotatable bonds is 8. The summed E-state index contributed by atoms with van der Waals surface area (Å²) in [7, 11) is 1.68. The number of carboxylic acid groups (broad SMARTS) is 1. The van der Waals surface area contributed by atoms with Gasteiger partial charge in [-0.25, -0.2) is 0 Å². The molecule has 0 atom stereocenters. The lowest BCUT2D eigenvalue weighted by atomic mass is 10.1. The van der Waals surface area contributed by atoms with E-state index in [0.717, 1.165) is 27.9 Å². The second-order valence-corrected chi connectivity index (χ2v) is 9.57. The summed E-state index contributed by atoms with van der Waals surface area (Å²) in [6.07, 6.45) is 1.60. The van der Waals surface area contributed by atoms with E-state index in [-0.39, 0.29) is 21.7 Å². The number of carbonyl (C=O) groups excluding carboxylic acids is 2. The van der Waals surface area contributed by atoms with Gasteiger partial charge in [-0.05, 0) is 41.5 Å². The Morgan fingerprint density at radius 3 is 2.39 bits per heavy atom. The molecule has 1 aliphatic heterocycles. The van der Waals surface area contributed by atoms with Crippen molar-refractivity contribution in [1.29, 1.82) is 0 Å². The molecule has 0 bridgehead atoms. The third-order valence-electron chi connectivity index (χ3n) is 5.38. The highest BCUT2D eigenvalue weighted by atomic mass is 32.2. The molecule has 0 aromatic heterocycles. The van der Waals surface area contributed by atoms with Gasteiger partial charge >= 0.3 is 5.97 Å². The van der Waals surface area contributed by atoms with Crippen LogP contribution in [0.1, 0.15) is 21.5 Å². The van der Waals surface area contributed by atoms with Crippen LogP contribution in [0.4, 0.5) is 5.69 Å². The average molecular weight is 519 g/mol. The summed E-state index contributed by atoms with van der Waals surface area (Å²) >= 11 is 6.20. The average Bonchev–Trinajstić information content (AvgIpc) is 3.15. The van der Waals surface area contributed by atoms with Gasteiger partial charge in [0.15, 0.2) is 0 Å². The summed E-state index contributed by atoms with van der Waals surface area (Å²) in [6.45, 7) is -0.219. The maximum absolute atomic E-state index is 13.5. The molecular weight excluding hydrogens is 496 g/mol. The Kier molecular flexibility index (Phi) is 7.82. The van der Waals surface area contributed by atoms with Crippen LogP contribution in [-0.4, -0.2) is 45.7 Å². The minimum atomic E-state index is -1.15. The highest BCUT2D eigenvalue weighted by Crippen LogP contribution is 2.33. The van der Waals surface area contributed by atoms with E-state index in [4.69, 9.17) is 22.1 Å². The Hall–Kier alpha value is -3.95. The maximum Gasteiger partial charge on any atom is 0.323 e. The third-order valence-corrected chi connectivity index (χ3v) is 6.76. The Morgan fingerprint density at radius 2 is 1.72 bits per heavy atom. The monoisotopic (exact) mass is 518 g/mol. The highest BCUT2D eigenvalue weighted by molar-refractivity contribution is 8.26. The van der Waals surface area contributed by atoms with Crippen molar-refractivity contribution in [2.45, 2.75) is 6.61 Å². The van der Waals surface area contributed by atoms with Gasteiger partial charge in [-0.3, -0.25) is 19.3 Å². The number of thioether (sulfide) groups is 1. The molecule has 3 aromatic rings. The lowest BCUT2D eigenvalue weighted by Gasteiger charge is -2.20. The van der Waals surface area contributed by atoms with E-state index < -0.39 is 18.4 Å². The zero-order chi connectivity index (χ0) is 25.7. The van der Waals surface area contributed by atoms with Crippen LogP contribution in [0.2, 0.25) is 0 Å². The zero-order valence-corrected chi connectivity index (χ0v) is 20.9. The van der Waals surface area contributed by atoms with E-state index in [1.54, 1.807) is 31.3 Å². The second-order valence-electron chi connectivity index (χ2n) is 7.89. The number of anilines is 1. The number of carboxylic acids is 1. The molecule has 0 radical (unpaired) electrons. The molecule has 1 fully saturated rings. The van der Waals surface area contributed by atoms with Gasteiger partial charge in [-0.1, -0.05) is 78.6 Å². The number of nitrogens with zero attached hydrogens (tertiary/aromatic N) is 2. The summed E-state index contributed by atoms with van der Waals surface area (Å²) in [5, 5.41) is 9.05. The van der Waals surface area contributed by atoms with Gasteiger partial charge in [0, 0.05) is 12.7 Å². The summed E-state index contributed by atoms with van der Waals surface area (Å²) in [5.74, 6) is -1.50. The Morgan fingerprint density at radius 1 is 1.06 bits per heavy atom. The van der Waals surface area contributed by atoms with Crippen molar-refractivity contribution in [3.63, 3.8) is 0 Å². The third kappa shape index (κ3) is 5.81. The number of para-hydroxylation sites is 1. The molecule has 2 amide bonds. The minimum absolute atomic E-state index is 0.177. The number of aliphatic carboxylic acids is 1. The van der Waals surface area contributed by atoms with E-state index in [2.05, 4.69) is 0 Å². The standard InChI is InChI=1S/C27H22N2O5S2/c1-28(20-10-6-3-7-11-20)25(32)21-14-19(12-13-22(21)34-17-18-8-4-2-5-9-18)15-23-26(33)29(16-24(30)31)27(35)36-23/h2-15H,16-17H2,1H3,(H,30,31). The normalized spacial score (nSPS) is 14.2. The highest BCUT2D eigenvalue weighted by Gasteiger charge is 2.33. The lowest BCUT2D eigenvalue weighted by molar-refractivity contribution is -0.140. The number of carbonyl (C=O) groups is 3. The molecule has 7 nitrogen and oxygen atoms in total. The predicted molar refractivity (Wildman–Crippen MR) is 144 cm³/mol. The first kappa shape index (κ1) is 25.2. The van der Waals surface area contributed by atoms with Crippen molar-refractivity contribution in [3.8, 4) is 5.75 Å². The molecule has 9 heteroatoms. The van der Waals surface area contributed by atoms with Crippen LogP contribution >= 0.6 is 24.0 Å². The molecule has 1 aliphatic rings. The molecule has 0 aliphatic carbocycles. The van der Waals surface area contributed by atoms with Crippen LogP contribution in [0.25, 0.3) is 6.08 Å².